The zero-order valence-electron chi connectivity index (χ0n) is 11.3. The lowest BCUT2D eigenvalue weighted by molar-refractivity contribution is 0.433. The third kappa shape index (κ3) is 2.43. The van der Waals surface area contributed by atoms with Crippen LogP contribution < -0.4 is 11.3 Å². The maximum atomic E-state index is 13.9. The molecule has 21 heavy (non-hydrogen) atoms. The summed E-state index contributed by atoms with van der Waals surface area (Å²) < 4.78 is 40.4. The fourth-order valence-electron chi connectivity index (χ4n) is 2.90. The molecule has 2 aromatic carbocycles. The zero-order chi connectivity index (χ0) is 15.0. The normalized spacial score (nSPS) is 15.0. The van der Waals surface area contributed by atoms with Gasteiger partial charge in [0.1, 0.15) is 0 Å². The maximum absolute atomic E-state index is 13.9. The van der Waals surface area contributed by atoms with Gasteiger partial charge >= 0.3 is 0 Å². The van der Waals surface area contributed by atoms with Crippen LogP contribution in [0.2, 0.25) is 0 Å². The highest BCUT2D eigenvalue weighted by atomic mass is 19.2. The summed E-state index contributed by atoms with van der Waals surface area (Å²) in [4.78, 5) is 0. The molecule has 0 fully saturated rings. The molecule has 1 aliphatic rings. The van der Waals surface area contributed by atoms with E-state index >= 15 is 0 Å². The van der Waals surface area contributed by atoms with Crippen LogP contribution in [0.15, 0.2) is 30.3 Å². The van der Waals surface area contributed by atoms with E-state index < -0.39 is 23.5 Å². The smallest absolute Gasteiger partial charge is 0.194 e. The molecular formula is C16H15F3N2. The summed E-state index contributed by atoms with van der Waals surface area (Å²) in [7, 11) is 0. The van der Waals surface area contributed by atoms with E-state index in [1.807, 2.05) is 18.2 Å². The van der Waals surface area contributed by atoms with Crippen LogP contribution in [-0.4, -0.2) is 0 Å². The molecule has 1 atom stereocenters. The van der Waals surface area contributed by atoms with Gasteiger partial charge in [-0.25, -0.2) is 18.6 Å². The first-order valence-corrected chi connectivity index (χ1v) is 6.83. The second kappa shape index (κ2) is 5.50. The Bertz CT molecular complexity index is 685. The summed E-state index contributed by atoms with van der Waals surface area (Å²) in [6.07, 6.45) is 3.11. The molecule has 3 N–H and O–H groups in total. The van der Waals surface area contributed by atoms with Crippen molar-refractivity contribution in [1.29, 1.82) is 0 Å². The molecule has 1 aliphatic carbocycles. The van der Waals surface area contributed by atoms with Crippen molar-refractivity contribution in [2.75, 3.05) is 0 Å². The molecule has 0 amide bonds. The van der Waals surface area contributed by atoms with Crippen molar-refractivity contribution in [3.8, 4) is 0 Å². The van der Waals surface area contributed by atoms with Gasteiger partial charge in [-0.2, -0.15) is 0 Å². The van der Waals surface area contributed by atoms with Crippen molar-refractivity contribution in [3.63, 3.8) is 0 Å². The number of aryl methyl sites for hydroxylation is 2. The summed E-state index contributed by atoms with van der Waals surface area (Å²) in [5.74, 6) is 1.61. The van der Waals surface area contributed by atoms with Gasteiger partial charge in [-0.3, -0.25) is 5.84 Å². The second-order valence-corrected chi connectivity index (χ2v) is 5.25. The van der Waals surface area contributed by atoms with Gasteiger partial charge in [-0.1, -0.05) is 24.3 Å². The molecule has 0 bridgehead atoms. The first kappa shape index (κ1) is 14.1. The van der Waals surface area contributed by atoms with Gasteiger partial charge in [-0.05, 0) is 42.0 Å². The molecule has 0 aromatic heterocycles. The minimum Gasteiger partial charge on any atom is -0.271 e. The number of benzene rings is 2. The fourth-order valence-corrected chi connectivity index (χ4v) is 2.90. The summed E-state index contributed by atoms with van der Waals surface area (Å²) >= 11 is 0. The minimum absolute atomic E-state index is 0.00523. The number of hydrogen-bond donors (Lipinski definition) is 2. The highest BCUT2D eigenvalue weighted by Gasteiger charge is 2.22. The van der Waals surface area contributed by atoms with Crippen LogP contribution in [0.1, 0.15) is 34.7 Å². The van der Waals surface area contributed by atoms with Crippen LogP contribution in [0.3, 0.4) is 0 Å². The van der Waals surface area contributed by atoms with Crippen LogP contribution in [0, 0.1) is 17.5 Å². The number of nitrogens with two attached hydrogens (primary N) is 1. The molecular weight excluding hydrogens is 277 g/mol. The SMILES string of the molecule is NNC(c1ccc2c(c1)CCC2)c1ccc(F)c(F)c1F. The molecule has 3 rings (SSSR count). The largest absolute Gasteiger partial charge is 0.271 e. The van der Waals surface area contributed by atoms with E-state index in [9.17, 15) is 13.2 Å². The topological polar surface area (TPSA) is 38.0 Å². The molecule has 0 saturated heterocycles. The van der Waals surface area contributed by atoms with E-state index in [1.54, 1.807) is 0 Å². The van der Waals surface area contributed by atoms with E-state index in [-0.39, 0.29) is 5.56 Å². The highest BCUT2D eigenvalue weighted by molar-refractivity contribution is 5.40. The maximum Gasteiger partial charge on any atom is 0.194 e. The summed E-state index contributed by atoms with van der Waals surface area (Å²) in [5, 5.41) is 0. The van der Waals surface area contributed by atoms with Gasteiger partial charge in [0.25, 0.3) is 0 Å². The first-order chi connectivity index (χ1) is 10.1. The highest BCUT2D eigenvalue weighted by Crippen LogP contribution is 2.30. The molecule has 0 heterocycles. The van der Waals surface area contributed by atoms with Crippen LogP contribution in [0.5, 0.6) is 0 Å². The standard InChI is InChI=1S/C16H15F3N2/c17-13-7-6-12(14(18)15(13)19)16(21-20)11-5-4-9-2-1-3-10(9)8-11/h4-8,16,21H,1-3,20H2. The van der Waals surface area contributed by atoms with Crippen molar-refractivity contribution in [2.45, 2.75) is 25.3 Å². The van der Waals surface area contributed by atoms with Crippen molar-refractivity contribution >= 4 is 0 Å². The van der Waals surface area contributed by atoms with Gasteiger partial charge in [0, 0.05) is 5.56 Å². The lowest BCUT2D eigenvalue weighted by Gasteiger charge is -2.19. The second-order valence-electron chi connectivity index (χ2n) is 5.25. The molecule has 0 saturated carbocycles. The Morgan fingerprint density at radius 2 is 1.71 bits per heavy atom. The summed E-state index contributed by atoms with van der Waals surface area (Å²) in [6.45, 7) is 0. The molecule has 2 aromatic rings. The Labute approximate surface area is 120 Å². The number of fused-ring (bicyclic) bond motifs is 1. The predicted molar refractivity (Wildman–Crippen MR) is 73.9 cm³/mol. The van der Waals surface area contributed by atoms with Crippen LogP contribution in [-0.2, 0) is 12.8 Å². The van der Waals surface area contributed by atoms with Crippen molar-refractivity contribution in [3.05, 3.63) is 70.0 Å². The molecule has 2 nitrogen and oxygen atoms in total. The Balaban J connectivity index is 2.05. The predicted octanol–water partition coefficient (Wildman–Crippen LogP) is 3.15. The number of hydrogen-bond acceptors (Lipinski definition) is 2. The van der Waals surface area contributed by atoms with Gasteiger partial charge in [0.15, 0.2) is 17.5 Å². The van der Waals surface area contributed by atoms with Crippen LogP contribution in [0.25, 0.3) is 0 Å². The van der Waals surface area contributed by atoms with E-state index in [4.69, 9.17) is 5.84 Å². The van der Waals surface area contributed by atoms with E-state index in [1.165, 1.54) is 17.2 Å². The molecule has 0 spiro atoms. The van der Waals surface area contributed by atoms with Gasteiger partial charge in [0.05, 0.1) is 6.04 Å². The molecule has 110 valence electrons. The Kier molecular flexibility index (Phi) is 3.69. The van der Waals surface area contributed by atoms with Crippen molar-refractivity contribution in [1.82, 2.24) is 5.43 Å². The quantitative estimate of drug-likeness (QED) is 0.518. The third-order valence-electron chi connectivity index (χ3n) is 4.00. The fraction of sp³-hybridized carbons (Fsp3) is 0.250. The van der Waals surface area contributed by atoms with Gasteiger partial charge < -0.3 is 0 Å². The molecule has 1 unspecified atom stereocenters. The van der Waals surface area contributed by atoms with Crippen molar-refractivity contribution in [2.24, 2.45) is 5.84 Å². The third-order valence-corrected chi connectivity index (χ3v) is 4.00. The first-order valence-electron chi connectivity index (χ1n) is 6.83. The van der Waals surface area contributed by atoms with Crippen LogP contribution in [0.4, 0.5) is 13.2 Å². The molecule has 0 aliphatic heterocycles. The van der Waals surface area contributed by atoms with E-state index in [0.29, 0.717) is 0 Å². The average Bonchev–Trinajstić information content (AvgIpc) is 2.95. The van der Waals surface area contributed by atoms with Crippen LogP contribution >= 0.6 is 0 Å². The Hall–Kier alpha value is -1.85. The summed E-state index contributed by atoms with van der Waals surface area (Å²) in [6, 6.07) is 7.19. The average molecular weight is 292 g/mol. The van der Waals surface area contributed by atoms with Gasteiger partial charge in [0.2, 0.25) is 0 Å². The number of halogens is 3. The lowest BCUT2D eigenvalue weighted by Crippen LogP contribution is -2.30. The van der Waals surface area contributed by atoms with E-state index in [2.05, 4.69) is 5.43 Å². The Morgan fingerprint density at radius 3 is 2.48 bits per heavy atom. The Morgan fingerprint density at radius 1 is 0.952 bits per heavy atom. The molecule has 5 heteroatoms. The number of rotatable bonds is 3. The number of nitrogens with one attached hydrogen (secondary N) is 1. The zero-order valence-corrected chi connectivity index (χ0v) is 11.3. The minimum atomic E-state index is -1.48. The monoisotopic (exact) mass is 292 g/mol. The van der Waals surface area contributed by atoms with E-state index in [0.717, 1.165) is 30.9 Å². The lowest BCUT2D eigenvalue weighted by atomic mass is 9.95. The van der Waals surface area contributed by atoms with Gasteiger partial charge in [-0.15, -0.1) is 0 Å². The molecule has 0 radical (unpaired) electrons. The summed E-state index contributed by atoms with van der Waals surface area (Å²) in [5.41, 5.74) is 5.70. The number of hydrazine groups is 1. The van der Waals surface area contributed by atoms with Crippen molar-refractivity contribution < 1.29 is 13.2 Å².